The number of nitrogens with one attached hydrogen (secondary N) is 1. The summed E-state index contributed by atoms with van der Waals surface area (Å²) in [5.41, 5.74) is 1.65. The van der Waals surface area contributed by atoms with Gasteiger partial charge in [-0.2, -0.15) is 5.10 Å². The van der Waals surface area contributed by atoms with Crippen LogP contribution in [0.1, 0.15) is 0 Å². The molecule has 1 N–H and O–H groups in total. The summed E-state index contributed by atoms with van der Waals surface area (Å²) in [6, 6.07) is 3.22. The zero-order chi connectivity index (χ0) is 12.1. The normalized spacial score (nSPS) is 10.3. The van der Waals surface area contributed by atoms with Gasteiger partial charge in [0.15, 0.2) is 0 Å². The van der Waals surface area contributed by atoms with Crippen LogP contribution in [0.5, 0.6) is 0 Å². The molecule has 0 fully saturated rings. The Bertz CT molecular complexity index is 457. The van der Waals surface area contributed by atoms with Crippen LogP contribution in [0.25, 0.3) is 0 Å². The molecule has 8 nitrogen and oxygen atoms in total. The van der Waals surface area contributed by atoms with Gasteiger partial charge >= 0.3 is 5.69 Å². The molecule has 0 unspecified atom stereocenters. The largest absolute Gasteiger partial charge is 0.301 e. The zero-order valence-electron chi connectivity index (χ0n) is 7.99. The van der Waals surface area contributed by atoms with Gasteiger partial charge in [-0.05, 0) is 13.0 Å². The highest BCUT2D eigenvalue weighted by molar-refractivity contribution is 5.68. The van der Waals surface area contributed by atoms with Crippen LogP contribution < -0.4 is 5.43 Å². The smallest absolute Gasteiger partial charge is 0.272 e. The lowest BCUT2D eigenvalue weighted by molar-refractivity contribution is -0.393. The van der Waals surface area contributed by atoms with Crippen LogP contribution in [0.15, 0.2) is 23.3 Å². The van der Waals surface area contributed by atoms with Crippen LogP contribution in [-0.2, 0) is 0 Å². The van der Waals surface area contributed by atoms with Crippen molar-refractivity contribution >= 4 is 23.3 Å². The summed E-state index contributed by atoms with van der Waals surface area (Å²) in [5, 5.41) is 24.6. The maximum Gasteiger partial charge on any atom is 0.301 e. The predicted molar refractivity (Wildman–Crippen MR) is 57.2 cm³/mol. The summed E-state index contributed by atoms with van der Waals surface area (Å²) in [6.45, 7) is 3.29. The third-order valence-corrected chi connectivity index (χ3v) is 1.67. The molecule has 1 radical (unpaired) electrons. The van der Waals surface area contributed by atoms with E-state index in [-0.39, 0.29) is 11.4 Å². The molecule has 1 aromatic rings. The van der Waals surface area contributed by atoms with E-state index in [2.05, 4.69) is 17.5 Å². The second kappa shape index (κ2) is 4.82. The first-order valence-corrected chi connectivity index (χ1v) is 4.06. The molecule has 0 aliphatic heterocycles. The van der Waals surface area contributed by atoms with E-state index in [9.17, 15) is 20.2 Å². The molecule has 0 saturated carbocycles. The fourth-order valence-corrected chi connectivity index (χ4v) is 0.994. The Morgan fingerprint density at radius 1 is 1.31 bits per heavy atom. The summed E-state index contributed by atoms with van der Waals surface area (Å²) >= 11 is 0. The molecule has 0 atom stereocenters. The third-order valence-electron chi connectivity index (χ3n) is 1.67. The number of benzene rings is 1. The van der Waals surface area contributed by atoms with E-state index in [1.807, 2.05) is 0 Å². The van der Waals surface area contributed by atoms with Crippen molar-refractivity contribution in [2.24, 2.45) is 5.10 Å². The minimum Gasteiger partial charge on any atom is -0.272 e. The van der Waals surface area contributed by atoms with Crippen molar-refractivity contribution < 1.29 is 9.85 Å². The monoisotopic (exact) mass is 223 g/mol. The van der Waals surface area contributed by atoms with Gasteiger partial charge in [-0.3, -0.25) is 25.7 Å². The fourth-order valence-electron chi connectivity index (χ4n) is 0.994. The highest BCUT2D eigenvalue weighted by atomic mass is 16.6. The Morgan fingerprint density at radius 2 is 2.00 bits per heavy atom. The van der Waals surface area contributed by atoms with Crippen LogP contribution in [0.2, 0.25) is 0 Å². The number of anilines is 1. The number of rotatable bonds is 4. The van der Waals surface area contributed by atoms with Gasteiger partial charge in [0, 0.05) is 12.3 Å². The zero-order valence-corrected chi connectivity index (χ0v) is 7.99. The second-order valence-corrected chi connectivity index (χ2v) is 2.64. The van der Waals surface area contributed by atoms with Crippen molar-refractivity contribution in [2.75, 3.05) is 5.43 Å². The number of nitro benzene ring substituents is 2. The molecule has 16 heavy (non-hydrogen) atoms. The molecule has 0 amide bonds. The van der Waals surface area contributed by atoms with Gasteiger partial charge in [-0.15, -0.1) is 0 Å². The van der Waals surface area contributed by atoms with E-state index in [1.54, 1.807) is 0 Å². The Hall–Kier alpha value is -2.51. The molecule has 1 aromatic carbocycles. The van der Waals surface area contributed by atoms with E-state index < -0.39 is 15.5 Å². The molecule has 0 spiro atoms. The van der Waals surface area contributed by atoms with Gasteiger partial charge in [-0.25, -0.2) is 0 Å². The molecule has 0 aromatic heterocycles. The Kier molecular flexibility index (Phi) is 3.49. The Morgan fingerprint density at radius 3 is 2.50 bits per heavy atom. The summed E-state index contributed by atoms with van der Waals surface area (Å²) in [7, 11) is 0. The quantitative estimate of drug-likeness (QED) is 0.474. The van der Waals surface area contributed by atoms with Gasteiger partial charge in [0.1, 0.15) is 5.69 Å². The van der Waals surface area contributed by atoms with Crippen molar-refractivity contribution in [1.82, 2.24) is 0 Å². The number of hydrogen-bond acceptors (Lipinski definition) is 6. The van der Waals surface area contributed by atoms with E-state index in [0.29, 0.717) is 0 Å². The van der Waals surface area contributed by atoms with Gasteiger partial charge in [0.25, 0.3) is 5.69 Å². The van der Waals surface area contributed by atoms with Crippen LogP contribution >= 0.6 is 0 Å². The topological polar surface area (TPSA) is 111 Å². The lowest BCUT2D eigenvalue weighted by Crippen LogP contribution is -1.98. The maximum absolute atomic E-state index is 10.6. The number of nitro groups is 2. The third kappa shape index (κ3) is 2.50. The first kappa shape index (κ1) is 11.6. The molecule has 0 aliphatic carbocycles. The summed E-state index contributed by atoms with van der Waals surface area (Å²) in [5.74, 6) is 0. The SMILES string of the molecule is [CH2]C=NNc1ccc([N+](=O)[O-])cc1[N+](=O)[O-]. The lowest BCUT2D eigenvalue weighted by Gasteiger charge is -2.00. The molecule has 0 bridgehead atoms. The standard InChI is InChI=1S/C8H7N4O4/c1-2-9-10-7-4-3-6(11(13)14)5-8(7)12(15)16/h2-5,10H,1H2. The summed E-state index contributed by atoms with van der Waals surface area (Å²) in [6.07, 6.45) is 1.16. The fraction of sp³-hybridized carbons (Fsp3) is 0. The molecule has 8 heteroatoms. The summed E-state index contributed by atoms with van der Waals surface area (Å²) < 4.78 is 0. The van der Waals surface area contributed by atoms with E-state index in [4.69, 9.17) is 0 Å². The van der Waals surface area contributed by atoms with Gasteiger partial charge < -0.3 is 0 Å². The molecule has 0 aliphatic rings. The maximum atomic E-state index is 10.6. The van der Waals surface area contributed by atoms with E-state index >= 15 is 0 Å². The van der Waals surface area contributed by atoms with Crippen molar-refractivity contribution in [2.45, 2.75) is 0 Å². The van der Waals surface area contributed by atoms with Crippen LogP contribution in [0, 0.1) is 27.2 Å². The van der Waals surface area contributed by atoms with Crippen molar-refractivity contribution in [3.63, 3.8) is 0 Å². The number of hydrazone groups is 1. The number of nitrogens with zero attached hydrogens (tertiary/aromatic N) is 3. The highest BCUT2D eigenvalue weighted by Crippen LogP contribution is 2.28. The van der Waals surface area contributed by atoms with Crippen molar-refractivity contribution in [3.05, 3.63) is 45.4 Å². The summed E-state index contributed by atoms with van der Waals surface area (Å²) in [4.78, 5) is 19.6. The average Bonchev–Trinajstić information content (AvgIpc) is 2.25. The predicted octanol–water partition coefficient (Wildman–Crippen LogP) is 1.73. The van der Waals surface area contributed by atoms with Crippen molar-refractivity contribution in [1.29, 1.82) is 0 Å². The first-order chi connectivity index (χ1) is 7.56. The van der Waals surface area contributed by atoms with E-state index in [0.717, 1.165) is 18.3 Å². The van der Waals surface area contributed by atoms with Gasteiger partial charge in [-0.1, -0.05) is 0 Å². The Labute approximate surface area is 89.9 Å². The minimum atomic E-state index is -0.728. The molecule has 83 valence electrons. The van der Waals surface area contributed by atoms with Crippen LogP contribution in [0.4, 0.5) is 17.1 Å². The highest BCUT2D eigenvalue weighted by Gasteiger charge is 2.18. The molecular weight excluding hydrogens is 216 g/mol. The molecule has 1 rings (SSSR count). The average molecular weight is 223 g/mol. The molecule has 0 heterocycles. The lowest BCUT2D eigenvalue weighted by atomic mass is 10.2. The van der Waals surface area contributed by atoms with Gasteiger partial charge in [0.2, 0.25) is 0 Å². The molecule has 0 saturated heterocycles. The minimum absolute atomic E-state index is 0.0653. The first-order valence-electron chi connectivity index (χ1n) is 4.06. The Balaban J connectivity index is 3.19. The van der Waals surface area contributed by atoms with Crippen LogP contribution in [0.3, 0.4) is 0 Å². The number of hydrogen-bond donors (Lipinski definition) is 1. The van der Waals surface area contributed by atoms with Gasteiger partial charge in [0.05, 0.1) is 15.9 Å². The van der Waals surface area contributed by atoms with E-state index in [1.165, 1.54) is 6.07 Å². The molecular formula is C8H7N4O4. The van der Waals surface area contributed by atoms with Crippen LogP contribution in [-0.4, -0.2) is 16.1 Å². The second-order valence-electron chi connectivity index (χ2n) is 2.64. The van der Waals surface area contributed by atoms with Crippen molar-refractivity contribution in [3.8, 4) is 0 Å². The number of non-ortho nitro benzene ring substituents is 1.